The second-order valence-electron chi connectivity index (χ2n) is 4.36. The van der Waals surface area contributed by atoms with Gasteiger partial charge in [0.1, 0.15) is 12.4 Å². The molecular formula is C13H19Cl2NO. The Morgan fingerprint density at radius 3 is 2.65 bits per heavy atom. The molecule has 4 heteroatoms. The number of rotatable bonds is 7. The summed E-state index contributed by atoms with van der Waals surface area (Å²) in [5.41, 5.74) is 0. The molecule has 0 unspecified atom stereocenters. The SMILES string of the molecule is CC(C)CCNCCOc1ccc(Cl)cc1Cl. The molecule has 0 bridgehead atoms. The van der Waals surface area contributed by atoms with E-state index in [0.717, 1.165) is 19.0 Å². The van der Waals surface area contributed by atoms with Crippen LogP contribution in [0.1, 0.15) is 20.3 Å². The summed E-state index contributed by atoms with van der Waals surface area (Å²) in [5, 5.41) is 4.50. The first kappa shape index (κ1) is 14.6. The summed E-state index contributed by atoms with van der Waals surface area (Å²) in [5.74, 6) is 1.41. The summed E-state index contributed by atoms with van der Waals surface area (Å²) in [4.78, 5) is 0. The maximum Gasteiger partial charge on any atom is 0.138 e. The molecule has 1 aromatic rings. The predicted molar refractivity (Wildman–Crippen MR) is 74.3 cm³/mol. The van der Waals surface area contributed by atoms with Crippen LogP contribution in [0.25, 0.3) is 0 Å². The lowest BCUT2D eigenvalue weighted by atomic mass is 10.1. The van der Waals surface area contributed by atoms with Crippen LogP contribution in [-0.2, 0) is 0 Å². The predicted octanol–water partition coefficient (Wildman–Crippen LogP) is 4.01. The first-order valence-electron chi connectivity index (χ1n) is 5.88. The fraction of sp³-hybridized carbons (Fsp3) is 0.538. The summed E-state index contributed by atoms with van der Waals surface area (Å²) in [6, 6.07) is 5.25. The van der Waals surface area contributed by atoms with Crippen molar-refractivity contribution in [3.8, 4) is 5.75 Å². The molecule has 96 valence electrons. The van der Waals surface area contributed by atoms with E-state index >= 15 is 0 Å². The molecule has 0 saturated heterocycles. The molecule has 0 aliphatic heterocycles. The van der Waals surface area contributed by atoms with Gasteiger partial charge in [0.15, 0.2) is 0 Å². The highest BCUT2D eigenvalue weighted by atomic mass is 35.5. The Labute approximate surface area is 113 Å². The van der Waals surface area contributed by atoms with E-state index in [4.69, 9.17) is 27.9 Å². The minimum absolute atomic E-state index is 0.555. The van der Waals surface area contributed by atoms with Crippen molar-refractivity contribution in [2.45, 2.75) is 20.3 Å². The summed E-state index contributed by atoms with van der Waals surface area (Å²) < 4.78 is 5.55. The first-order chi connectivity index (χ1) is 8.09. The van der Waals surface area contributed by atoms with Crippen molar-refractivity contribution in [2.24, 2.45) is 5.92 Å². The third-order valence-electron chi connectivity index (χ3n) is 2.33. The Balaban J connectivity index is 2.18. The molecule has 17 heavy (non-hydrogen) atoms. The van der Waals surface area contributed by atoms with Crippen molar-refractivity contribution in [1.29, 1.82) is 0 Å². The van der Waals surface area contributed by atoms with Crippen molar-refractivity contribution < 1.29 is 4.74 Å². The lowest BCUT2D eigenvalue weighted by molar-refractivity contribution is 0.312. The molecule has 1 N–H and O–H groups in total. The Morgan fingerprint density at radius 1 is 1.24 bits per heavy atom. The number of nitrogens with one attached hydrogen (secondary N) is 1. The molecule has 0 radical (unpaired) electrons. The van der Waals surface area contributed by atoms with Gasteiger partial charge >= 0.3 is 0 Å². The van der Waals surface area contributed by atoms with Crippen LogP contribution in [0.3, 0.4) is 0 Å². The van der Waals surface area contributed by atoms with Crippen molar-refractivity contribution >= 4 is 23.2 Å². The summed E-state index contributed by atoms with van der Waals surface area (Å²) in [7, 11) is 0. The van der Waals surface area contributed by atoms with Crippen LogP contribution in [0.5, 0.6) is 5.75 Å². The van der Waals surface area contributed by atoms with Crippen molar-refractivity contribution in [3.05, 3.63) is 28.2 Å². The average Bonchev–Trinajstić information content (AvgIpc) is 2.25. The fourth-order valence-electron chi connectivity index (χ4n) is 1.34. The van der Waals surface area contributed by atoms with Gasteiger partial charge in [-0.1, -0.05) is 37.0 Å². The van der Waals surface area contributed by atoms with Crippen molar-refractivity contribution in [1.82, 2.24) is 5.32 Å². The number of benzene rings is 1. The van der Waals surface area contributed by atoms with Crippen LogP contribution in [0.4, 0.5) is 0 Å². The zero-order valence-electron chi connectivity index (χ0n) is 10.3. The van der Waals surface area contributed by atoms with Gasteiger partial charge in [-0.3, -0.25) is 0 Å². The van der Waals surface area contributed by atoms with Gasteiger partial charge in [0.2, 0.25) is 0 Å². The molecule has 0 saturated carbocycles. The van der Waals surface area contributed by atoms with Crippen LogP contribution < -0.4 is 10.1 Å². The molecule has 0 heterocycles. The average molecular weight is 276 g/mol. The van der Waals surface area contributed by atoms with Crippen LogP contribution in [-0.4, -0.2) is 19.7 Å². The molecule has 1 rings (SSSR count). The Kier molecular flexibility index (Phi) is 6.71. The highest BCUT2D eigenvalue weighted by Gasteiger charge is 2.01. The zero-order chi connectivity index (χ0) is 12.7. The van der Waals surface area contributed by atoms with E-state index in [1.165, 1.54) is 6.42 Å². The fourth-order valence-corrected chi connectivity index (χ4v) is 1.80. The van der Waals surface area contributed by atoms with Gasteiger partial charge in [0, 0.05) is 11.6 Å². The highest BCUT2D eigenvalue weighted by molar-refractivity contribution is 6.35. The molecule has 0 fully saturated rings. The van der Waals surface area contributed by atoms with Gasteiger partial charge in [-0.25, -0.2) is 0 Å². The Bertz CT molecular complexity index is 342. The molecule has 2 nitrogen and oxygen atoms in total. The summed E-state index contributed by atoms with van der Waals surface area (Å²) in [6.07, 6.45) is 1.18. The van der Waals surface area contributed by atoms with Crippen molar-refractivity contribution in [2.75, 3.05) is 19.7 Å². The summed E-state index contributed by atoms with van der Waals surface area (Å²) >= 11 is 11.8. The normalized spacial score (nSPS) is 10.9. The van der Waals surface area contributed by atoms with Crippen molar-refractivity contribution in [3.63, 3.8) is 0 Å². The van der Waals surface area contributed by atoms with Crippen LogP contribution in [0.2, 0.25) is 10.0 Å². The van der Waals surface area contributed by atoms with E-state index in [9.17, 15) is 0 Å². The standard InChI is InChI=1S/C13H19Cl2NO/c1-10(2)5-6-16-7-8-17-13-4-3-11(14)9-12(13)15/h3-4,9-10,16H,5-8H2,1-2H3. The molecule has 0 amide bonds. The van der Waals surface area contributed by atoms with E-state index in [1.807, 2.05) is 0 Å². The van der Waals surface area contributed by atoms with Gasteiger partial charge in [0.05, 0.1) is 5.02 Å². The smallest absolute Gasteiger partial charge is 0.138 e. The van der Waals surface area contributed by atoms with Gasteiger partial charge in [-0.15, -0.1) is 0 Å². The zero-order valence-corrected chi connectivity index (χ0v) is 11.8. The Morgan fingerprint density at radius 2 is 2.00 bits per heavy atom. The Hall–Kier alpha value is -0.440. The van der Waals surface area contributed by atoms with Gasteiger partial charge in [-0.05, 0) is 37.1 Å². The summed E-state index contributed by atoms with van der Waals surface area (Å²) in [6.45, 7) is 6.89. The maximum absolute atomic E-state index is 5.98. The molecule has 0 aromatic heterocycles. The molecule has 0 atom stereocenters. The molecule has 0 spiro atoms. The lowest BCUT2D eigenvalue weighted by Gasteiger charge is -2.10. The highest BCUT2D eigenvalue weighted by Crippen LogP contribution is 2.27. The minimum atomic E-state index is 0.555. The largest absolute Gasteiger partial charge is 0.491 e. The van der Waals surface area contributed by atoms with Gasteiger partial charge < -0.3 is 10.1 Å². The van der Waals surface area contributed by atoms with E-state index in [2.05, 4.69) is 19.2 Å². The van der Waals surface area contributed by atoms with Gasteiger partial charge in [0.25, 0.3) is 0 Å². The molecule has 1 aromatic carbocycles. The minimum Gasteiger partial charge on any atom is -0.491 e. The molecule has 0 aliphatic carbocycles. The van der Waals surface area contributed by atoms with Crippen LogP contribution >= 0.6 is 23.2 Å². The number of ether oxygens (including phenoxy) is 1. The third-order valence-corrected chi connectivity index (χ3v) is 2.86. The number of hydrogen-bond donors (Lipinski definition) is 1. The maximum atomic E-state index is 5.98. The van der Waals surface area contributed by atoms with E-state index in [1.54, 1.807) is 18.2 Å². The molecular weight excluding hydrogens is 257 g/mol. The molecule has 0 aliphatic rings. The lowest BCUT2D eigenvalue weighted by Crippen LogP contribution is -2.23. The van der Waals surface area contributed by atoms with E-state index in [-0.39, 0.29) is 0 Å². The van der Waals surface area contributed by atoms with Gasteiger partial charge in [-0.2, -0.15) is 0 Å². The number of hydrogen-bond acceptors (Lipinski definition) is 2. The quantitative estimate of drug-likeness (QED) is 0.760. The van der Waals surface area contributed by atoms with E-state index in [0.29, 0.717) is 22.4 Å². The second-order valence-corrected chi connectivity index (χ2v) is 5.20. The topological polar surface area (TPSA) is 21.3 Å². The number of halogens is 2. The van der Waals surface area contributed by atoms with Crippen LogP contribution in [0, 0.1) is 5.92 Å². The third kappa shape index (κ3) is 6.16. The second kappa shape index (κ2) is 7.80. The van der Waals surface area contributed by atoms with Crippen LogP contribution in [0.15, 0.2) is 18.2 Å². The monoisotopic (exact) mass is 275 g/mol. The van der Waals surface area contributed by atoms with E-state index < -0.39 is 0 Å². The first-order valence-corrected chi connectivity index (χ1v) is 6.63.